The van der Waals surface area contributed by atoms with E-state index in [1.54, 1.807) is 13.8 Å². The van der Waals surface area contributed by atoms with Crippen molar-refractivity contribution >= 4 is 14.5 Å². The van der Waals surface area contributed by atoms with Crippen molar-refractivity contribution in [3.8, 4) is 5.75 Å². The number of esters is 1. The van der Waals surface area contributed by atoms with Crippen LogP contribution >= 0.6 is 8.53 Å². The number of rotatable bonds is 11. The first-order chi connectivity index (χ1) is 16.6. The van der Waals surface area contributed by atoms with Gasteiger partial charge in [-0.3, -0.25) is 19.1 Å². The highest BCUT2D eigenvalue weighted by Gasteiger charge is 2.36. The molecule has 0 radical (unpaired) electrons. The van der Waals surface area contributed by atoms with E-state index in [9.17, 15) is 14.4 Å². The van der Waals surface area contributed by atoms with E-state index in [1.807, 2.05) is 51.1 Å². The van der Waals surface area contributed by atoms with Gasteiger partial charge in [-0.1, -0.05) is 39.0 Å². The predicted molar refractivity (Wildman–Crippen MR) is 132 cm³/mol. The minimum Gasteiger partial charge on any atom is -0.462 e. The van der Waals surface area contributed by atoms with Crippen molar-refractivity contribution in [2.45, 2.75) is 65.5 Å². The molecular formula is C24H34N3O7P. The van der Waals surface area contributed by atoms with Crippen molar-refractivity contribution in [3.05, 3.63) is 63.4 Å². The molecule has 1 fully saturated rings. The zero-order valence-electron chi connectivity index (χ0n) is 20.7. The van der Waals surface area contributed by atoms with Gasteiger partial charge in [-0.25, -0.2) is 9.88 Å². The van der Waals surface area contributed by atoms with Gasteiger partial charge < -0.3 is 18.5 Å². The Bertz CT molecular complexity index is 1070. The van der Waals surface area contributed by atoms with Gasteiger partial charge in [-0.05, 0) is 38.3 Å². The summed E-state index contributed by atoms with van der Waals surface area (Å²) in [6, 6.07) is 9.87. The number of aromatic nitrogens is 2. The molecule has 1 aliphatic heterocycles. The van der Waals surface area contributed by atoms with Crippen LogP contribution in [-0.4, -0.2) is 40.4 Å². The van der Waals surface area contributed by atoms with Gasteiger partial charge >= 0.3 is 20.2 Å². The van der Waals surface area contributed by atoms with Crippen LogP contribution in [0.3, 0.4) is 0 Å². The molecule has 11 heteroatoms. The van der Waals surface area contributed by atoms with Crippen LogP contribution in [0.1, 0.15) is 47.3 Å². The molecule has 192 valence electrons. The molecule has 1 aromatic carbocycles. The minimum absolute atomic E-state index is 0.0193. The predicted octanol–water partition coefficient (Wildman–Crippen LogP) is 3.35. The lowest BCUT2D eigenvalue weighted by Crippen LogP contribution is -2.41. The molecule has 2 aromatic rings. The largest absolute Gasteiger partial charge is 0.462 e. The van der Waals surface area contributed by atoms with Crippen molar-refractivity contribution < 1.29 is 23.3 Å². The normalized spacial score (nSPS) is 21.7. The molecule has 1 aromatic heterocycles. The van der Waals surface area contributed by atoms with E-state index >= 15 is 0 Å². The second kappa shape index (κ2) is 12.4. The fourth-order valence-electron chi connectivity index (χ4n) is 3.70. The number of ether oxygens (including phenoxy) is 2. The van der Waals surface area contributed by atoms with Crippen LogP contribution in [-0.2, 0) is 18.8 Å². The van der Waals surface area contributed by atoms with Gasteiger partial charge in [-0.15, -0.1) is 0 Å². The Morgan fingerprint density at radius 3 is 2.54 bits per heavy atom. The lowest BCUT2D eigenvalue weighted by Gasteiger charge is -2.27. The SMILES string of the molecule is CC(C)OC(=O)C(NP(OCC1CC(C)C(n2ccc(=O)[nH]c2=O)O1)Oc1ccccc1)C(C)C. The molecule has 0 spiro atoms. The third-order valence-electron chi connectivity index (χ3n) is 5.40. The number of nitrogens with one attached hydrogen (secondary N) is 2. The van der Waals surface area contributed by atoms with E-state index in [1.165, 1.54) is 16.8 Å². The third-order valence-corrected chi connectivity index (χ3v) is 6.65. The molecule has 0 amide bonds. The average molecular weight is 508 g/mol. The second-order valence-electron chi connectivity index (χ2n) is 9.17. The molecule has 0 bridgehead atoms. The maximum absolute atomic E-state index is 12.7. The lowest BCUT2D eigenvalue weighted by molar-refractivity contribution is -0.150. The van der Waals surface area contributed by atoms with Crippen LogP contribution in [0.4, 0.5) is 0 Å². The Kier molecular flexibility index (Phi) is 9.63. The molecule has 1 aliphatic rings. The summed E-state index contributed by atoms with van der Waals surface area (Å²) in [4.78, 5) is 38.5. The molecule has 3 rings (SSSR count). The van der Waals surface area contributed by atoms with Gasteiger partial charge in [0.05, 0.1) is 18.8 Å². The van der Waals surface area contributed by atoms with Crippen molar-refractivity contribution in [1.29, 1.82) is 0 Å². The summed E-state index contributed by atoms with van der Waals surface area (Å²) < 4.78 is 25.0. The van der Waals surface area contributed by atoms with Crippen molar-refractivity contribution in [2.75, 3.05) is 6.61 Å². The maximum atomic E-state index is 12.7. The first kappa shape index (κ1) is 27.1. The zero-order chi connectivity index (χ0) is 25.5. The summed E-state index contributed by atoms with van der Waals surface area (Å²) in [7, 11) is -1.72. The molecule has 35 heavy (non-hydrogen) atoms. The van der Waals surface area contributed by atoms with Crippen LogP contribution in [0.15, 0.2) is 52.2 Å². The van der Waals surface area contributed by atoms with Crippen LogP contribution in [0.25, 0.3) is 0 Å². The number of carbonyl (C=O) groups excluding carboxylic acids is 1. The molecule has 5 atom stereocenters. The quantitative estimate of drug-likeness (QED) is 0.351. The van der Waals surface area contributed by atoms with Gasteiger partial charge in [0, 0.05) is 18.2 Å². The number of aromatic amines is 1. The Morgan fingerprint density at radius 2 is 1.91 bits per heavy atom. The first-order valence-corrected chi connectivity index (χ1v) is 12.9. The molecular weight excluding hydrogens is 473 g/mol. The topological polar surface area (TPSA) is 121 Å². The third kappa shape index (κ3) is 7.73. The monoisotopic (exact) mass is 507 g/mol. The zero-order valence-corrected chi connectivity index (χ0v) is 21.6. The second-order valence-corrected chi connectivity index (χ2v) is 10.4. The molecule has 5 unspecified atom stereocenters. The lowest BCUT2D eigenvalue weighted by atomic mass is 10.1. The Balaban J connectivity index is 1.69. The Labute approximate surface area is 205 Å². The summed E-state index contributed by atoms with van der Waals surface area (Å²) in [5.74, 6) is 0.189. The summed E-state index contributed by atoms with van der Waals surface area (Å²) in [6.07, 6.45) is 1.01. The fraction of sp³-hybridized carbons (Fsp3) is 0.542. The number of benzene rings is 1. The Morgan fingerprint density at radius 1 is 1.20 bits per heavy atom. The summed E-state index contributed by atoms with van der Waals surface area (Å²) >= 11 is 0. The van der Waals surface area contributed by atoms with Gasteiger partial charge in [0.25, 0.3) is 5.56 Å². The molecule has 2 heterocycles. The molecule has 1 saturated heterocycles. The van der Waals surface area contributed by atoms with Gasteiger partial charge in [-0.2, -0.15) is 0 Å². The number of hydrogen-bond acceptors (Lipinski definition) is 8. The first-order valence-electron chi connectivity index (χ1n) is 11.7. The van der Waals surface area contributed by atoms with E-state index in [2.05, 4.69) is 10.1 Å². The van der Waals surface area contributed by atoms with E-state index in [0.29, 0.717) is 12.2 Å². The van der Waals surface area contributed by atoms with E-state index < -0.39 is 32.0 Å². The van der Waals surface area contributed by atoms with Crippen molar-refractivity contribution in [3.63, 3.8) is 0 Å². The smallest absolute Gasteiger partial charge is 0.330 e. The number of carbonyl (C=O) groups is 1. The maximum Gasteiger partial charge on any atom is 0.330 e. The highest BCUT2D eigenvalue weighted by atomic mass is 31.2. The minimum atomic E-state index is -1.72. The number of nitrogens with zero attached hydrogens (tertiary/aromatic N) is 1. The van der Waals surface area contributed by atoms with Crippen molar-refractivity contribution in [1.82, 2.24) is 14.6 Å². The molecule has 0 saturated carbocycles. The molecule has 2 N–H and O–H groups in total. The highest BCUT2D eigenvalue weighted by Crippen LogP contribution is 2.40. The van der Waals surface area contributed by atoms with Crippen LogP contribution in [0.5, 0.6) is 5.75 Å². The number of para-hydroxylation sites is 1. The van der Waals surface area contributed by atoms with Gasteiger partial charge in [0.2, 0.25) is 0 Å². The highest BCUT2D eigenvalue weighted by molar-refractivity contribution is 7.45. The number of H-pyrrole nitrogens is 1. The van der Waals surface area contributed by atoms with Gasteiger partial charge in [0.1, 0.15) is 18.0 Å². The molecule has 10 nitrogen and oxygen atoms in total. The Hall–Kier alpha value is -2.52. The number of hydrogen-bond donors (Lipinski definition) is 2. The summed E-state index contributed by atoms with van der Waals surface area (Å²) in [5, 5.41) is 3.20. The van der Waals surface area contributed by atoms with Crippen molar-refractivity contribution in [2.24, 2.45) is 11.8 Å². The van der Waals surface area contributed by atoms with Gasteiger partial charge in [0.15, 0.2) is 0 Å². The summed E-state index contributed by atoms with van der Waals surface area (Å²) in [5.41, 5.74) is -0.974. The molecule has 0 aliphatic carbocycles. The van der Waals surface area contributed by atoms with Crippen LogP contribution in [0, 0.1) is 11.8 Å². The standard InChI is InChI=1S/C24H34N3O7P/c1-15(2)21(23(29)32-16(3)4)26-35(34-18-9-7-6-8-10-18)31-14-19-13-17(5)22(33-19)27-12-11-20(28)25-24(27)30/h6-12,15-17,19,21-22,26H,13-14H2,1-5H3,(H,25,28,30). The van der Waals surface area contributed by atoms with Crippen LogP contribution < -0.4 is 20.9 Å². The van der Waals surface area contributed by atoms with E-state index in [0.717, 1.165) is 0 Å². The van der Waals surface area contributed by atoms with E-state index in [4.69, 9.17) is 18.5 Å². The average Bonchev–Trinajstić information content (AvgIpc) is 3.15. The van der Waals surface area contributed by atoms with E-state index in [-0.39, 0.29) is 36.6 Å². The van der Waals surface area contributed by atoms with Crippen LogP contribution in [0.2, 0.25) is 0 Å². The fourth-order valence-corrected chi connectivity index (χ4v) is 5.13. The summed E-state index contributed by atoms with van der Waals surface area (Å²) in [6.45, 7) is 9.61.